The van der Waals surface area contributed by atoms with E-state index in [2.05, 4.69) is 15.5 Å². The Kier molecular flexibility index (Phi) is 6.69. The van der Waals surface area contributed by atoms with Crippen LogP contribution in [0.25, 0.3) is 0 Å². The van der Waals surface area contributed by atoms with Gasteiger partial charge in [0.15, 0.2) is 0 Å². The molecule has 154 valence electrons. The van der Waals surface area contributed by atoms with E-state index in [9.17, 15) is 13.6 Å². The van der Waals surface area contributed by atoms with Crippen molar-refractivity contribution in [2.24, 2.45) is 5.16 Å². The molecule has 0 aliphatic carbocycles. The lowest BCUT2D eigenvalue weighted by Crippen LogP contribution is -2.14. The van der Waals surface area contributed by atoms with Crippen molar-refractivity contribution in [3.8, 4) is 11.6 Å². The molecule has 1 amide bonds. The summed E-state index contributed by atoms with van der Waals surface area (Å²) in [4.78, 5) is 21.6. The lowest BCUT2D eigenvalue weighted by molar-refractivity contribution is 0.102. The van der Waals surface area contributed by atoms with Crippen LogP contribution in [0, 0.1) is 11.6 Å². The zero-order chi connectivity index (χ0) is 21.5. The number of rotatable bonds is 7. The molecule has 0 bridgehead atoms. The monoisotopic (exact) mass is 411 g/mol. The van der Waals surface area contributed by atoms with Crippen molar-refractivity contribution in [1.29, 1.82) is 0 Å². The Morgan fingerprint density at radius 2 is 1.90 bits per heavy atom. The molecule has 30 heavy (non-hydrogen) atoms. The Hall–Kier alpha value is -3.81. The van der Waals surface area contributed by atoms with Crippen LogP contribution in [0.3, 0.4) is 0 Å². The molecule has 0 aliphatic heterocycles. The Morgan fingerprint density at radius 1 is 1.10 bits per heavy atom. The minimum atomic E-state index is -0.878. The van der Waals surface area contributed by atoms with E-state index >= 15 is 0 Å². The van der Waals surface area contributed by atoms with Gasteiger partial charge in [0.05, 0.1) is 11.4 Å². The topological polar surface area (TPSA) is 72.8 Å². The average molecular weight is 411 g/mol. The molecule has 0 unspecified atom stereocenters. The molecule has 0 saturated heterocycles. The molecule has 0 saturated carbocycles. The molecular weight excluding hydrogens is 392 g/mol. The first-order valence-electron chi connectivity index (χ1n) is 9.14. The summed E-state index contributed by atoms with van der Waals surface area (Å²) in [6.07, 6.45) is 0. The van der Waals surface area contributed by atoms with Gasteiger partial charge < -0.3 is 14.9 Å². The quantitative estimate of drug-likeness (QED) is 0.430. The van der Waals surface area contributed by atoms with Gasteiger partial charge in [0.2, 0.25) is 5.88 Å². The third kappa shape index (κ3) is 5.38. The van der Waals surface area contributed by atoms with Crippen LogP contribution >= 0.6 is 0 Å². The van der Waals surface area contributed by atoms with E-state index in [1.165, 1.54) is 6.07 Å². The second kappa shape index (κ2) is 9.60. The number of carbonyl (C=O) groups excluding carboxylic acids is 1. The number of nitrogens with one attached hydrogen (secondary N) is 1. The Labute approximate surface area is 172 Å². The first kappa shape index (κ1) is 20.9. The van der Waals surface area contributed by atoms with Crippen molar-refractivity contribution < 1.29 is 23.1 Å². The zero-order valence-corrected chi connectivity index (χ0v) is 16.4. The van der Waals surface area contributed by atoms with E-state index in [1.54, 1.807) is 30.3 Å². The highest BCUT2D eigenvalue weighted by Crippen LogP contribution is 2.22. The first-order chi connectivity index (χ1) is 14.5. The summed E-state index contributed by atoms with van der Waals surface area (Å²) < 4.78 is 32.5. The number of aromatic nitrogens is 1. The van der Waals surface area contributed by atoms with Crippen molar-refractivity contribution in [3.63, 3.8) is 0 Å². The second-order valence-corrected chi connectivity index (χ2v) is 6.16. The SMILES string of the molecule is CCO/N=C(\C)c1cccc(Oc2cccc(C(=O)Nc3ccc(F)cc3F)n2)c1. The molecular formula is C22H19F2N3O3. The third-order valence-corrected chi connectivity index (χ3v) is 3.94. The molecule has 6 nitrogen and oxygen atoms in total. The number of nitrogens with zero attached hydrogens (tertiary/aromatic N) is 2. The molecule has 0 atom stereocenters. The highest BCUT2D eigenvalue weighted by atomic mass is 19.1. The summed E-state index contributed by atoms with van der Waals surface area (Å²) in [7, 11) is 0. The number of ether oxygens (including phenoxy) is 1. The number of hydrogen-bond acceptors (Lipinski definition) is 5. The molecule has 0 fully saturated rings. The van der Waals surface area contributed by atoms with Crippen LogP contribution in [0.1, 0.15) is 29.9 Å². The van der Waals surface area contributed by atoms with Gasteiger partial charge in [-0.25, -0.2) is 13.8 Å². The summed E-state index contributed by atoms with van der Waals surface area (Å²) in [6.45, 7) is 4.12. The van der Waals surface area contributed by atoms with Crippen LogP contribution in [0.5, 0.6) is 11.6 Å². The summed E-state index contributed by atoms with van der Waals surface area (Å²) >= 11 is 0. The number of halogens is 2. The fourth-order valence-electron chi connectivity index (χ4n) is 2.49. The van der Waals surface area contributed by atoms with Gasteiger partial charge in [-0.2, -0.15) is 0 Å². The number of pyridine rings is 1. The lowest BCUT2D eigenvalue weighted by atomic mass is 10.1. The van der Waals surface area contributed by atoms with Crippen molar-refractivity contribution in [3.05, 3.63) is 83.6 Å². The number of amides is 1. The van der Waals surface area contributed by atoms with Crippen LogP contribution in [-0.2, 0) is 4.84 Å². The Morgan fingerprint density at radius 3 is 2.67 bits per heavy atom. The van der Waals surface area contributed by atoms with Crippen LogP contribution in [0.4, 0.5) is 14.5 Å². The standard InChI is InChI=1S/C22H19F2N3O3/c1-3-29-27-14(2)15-6-4-7-17(12-15)30-21-9-5-8-20(25-21)22(28)26-19-11-10-16(23)13-18(19)24/h4-13H,3H2,1-2H3,(H,26,28)/b27-14+. The van der Waals surface area contributed by atoms with Crippen LogP contribution in [0.15, 0.2) is 65.8 Å². The molecule has 1 heterocycles. The predicted octanol–water partition coefficient (Wildman–Crippen LogP) is 5.16. The van der Waals surface area contributed by atoms with E-state index in [1.807, 2.05) is 19.9 Å². The second-order valence-electron chi connectivity index (χ2n) is 6.16. The maximum atomic E-state index is 13.8. The summed E-state index contributed by atoms with van der Waals surface area (Å²) in [5.74, 6) is -1.59. The van der Waals surface area contributed by atoms with Gasteiger partial charge in [-0.1, -0.05) is 23.4 Å². The fraction of sp³-hybridized carbons (Fsp3) is 0.136. The average Bonchev–Trinajstić information content (AvgIpc) is 2.74. The zero-order valence-electron chi connectivity index (χ0n) is 16.4. The van der Waals surface area contributed by atoms with E-state index in [-0.39, 0.29) is 17.3 Å². The molecule has 0 spiro atoms. The normalized spacial score (nSPS) is 11.1. The molecule has 0 aliphatic rings. The van der Waals surface area contributed by atoms with Gasteiger partial charge in [0, 0.05) is 17.7 Å². The summed E-state index contributed by atoms with van der Waals surface area (Å²) in [5, 5.41) is 6.35. The van der Waals surface area contributed by atoms with Gasteiger partial charge in [-0.3, -0.25) is 4.79 Å². The largest absolute Gasteiger partial charge is 0.439 e. The maximum Gasteiger partial charge on any atom is 0.274 e. The number of anilines is 1. The minimum absolute atomic E-state index is 0.0152. The smallest absolute Gasteiger partial charge is 0.274 e. The predicted molar refractivity (Wildman–Crippen MR) is 109 cm³/mol. The number of carbonyl (C=O) groups is 1. The van der Waals surface area contributed by atoms with E-state index in [4.69, 9.17) is 9.57 Å². The number of benzene rings is 2. The lowest BCUT2D eigenvalue weighted by Gasteiger charge is -2.09. The van der Waals surface area contributed by atoms with Gasteiger partial charge >= 0.3 is 0 Å². The van der Waals surface area contributed by atoms with Crippen molar-refractivity contribution in [1.82, 2.24) is 4.98 Å². The number of hydrogen-bond donors (Lipinski definition) is 1. The van der Waals surface area contributed by atoms with Crippen LogP contribution in [-0.4, -0.2) is 23.2 Å². The molecule has 3 aromatic rings. The Balaban J connectivity index is 1.75. The van der Waals surface area contributed by atoms with Crippen molar-refractivity contribution >= 4 is 17.3 Å². The highest BCUT2D eigenvalue weighted by molar-refractivity contribution is 6.03. The summed E-state index contributed by atoms with van der Waals surface area (Å²) in [6, 6.07) is 14.7. The molecule has 8 heteroatoms. The molecule has 1 N–H and O–H groups in total. The molecule has 1 aromatic heterocycles. The Bertz CT molecular complexity index is 1090. The van der Waals surface area contributed by atoms with Gasteiger partial charge in [-0.15, -0.1) is 0 Å². The maximum absolute atomic E-state index is 13.8. The van der Waals surface area contributed by atoms with Gasteiger partial charge in [0.1, 0.15) is 29.7 Å². The number of oxime groups is 1. The van der Waals surface area contributed by atoms with Crippen LogP contribution in [0.2, 0.25) is 0 Å². The van der Waals surface area contributed by atoms with E-state index < -0.39 is 17.5 Å². The fourth-order valence-corrected chi connectivity index (χ4v) is 2.49. The minimum Gasteiger partial charge on any atom is -0.439 e. The first-order valence-corrected chi connectivity index (χ1v) is 9.14. The van der Waals surface area contributed by atoms with E-state index in [0.29, 0.717) is 24.1 Å². The van der Waals surface area contributed by atoms with Gasteiger partial charge in [-0.05, 0) is 44.2 Å². The molecule has 0 radical (unpaired) electrons. The third-order valence-electron chi connectivity index (χ3n) is 3.94. The summed E-state index contributed by atoms with van der Waals surface area (Å²) in [5.41, 5.74) is 1.36. The highest BCUT2D eigenvalue weighted by Gasteiger charge is 2.13. The van der Waals surface area contributed by atoms with Crippen LogP contribution < -0.4 is 10.1 Å². The van der Waals surface area contributed by atoms with Crippen molar-refractivity contribution in [2.45, 2.75) is 13.8 Å². The van der Waals surface area contributed by atoms with Crippen molar-refractivity contribution in [2.75, 3.05) is 11.9 Å². The van der Waals surface area contributed by atoms with Gasteiger partial charge in [0.25, 0.3) is 5.91 Å². The molecule has 2 aromatic carbocycles. The molecule has 3 rings (SSSR count). The van der Waals surface area contributed by atoms with E-state index in [0.717, 1.165) is 17.7 Å².